The minimum Gasteiger partial charge on any atom is -0.489 e. The lowest BCUT2D eigenvalue weighted by Gasteiger charge is -2.23. The fourth-order valence-corrected chi connectivity index (χ4v) is 1.89. The lowest BCUT2D eigenvalue weighted by molar-refractivity contribution is -0.152. The van der Waals surface area contributed by atoms with Crippen molar-refractivity contribution in [2.75, 3.05) is 13.7 Å². The topological polar surface area (TPSA) is 61.5 Å². The minimum atomic E-state index is -0.846. The lowest BCUT2D eigenvalue weighted by atomic mass is 9.95. The zero-order valence-corrected chi connectivity index (χ0v) is 13.1. The highest BCUT2D eigenvalue weighted by Gasteiger charge is 2.30. The van der Waals surface area contributed by atoms with Crippen molar-refractivity contribution in [3.8, 4) is 5.75 Å². The van der Waals surface area contributed by atoms with E-state index < -0.39 is 17.2 Å². The number of hydrogen-bond acceptors (Lipinski definition) is 4. The summed E-state index contributed by atoms with van der Waals surface area (Å²) in [7, 11) is 1.32. The zero-order chi connectivity index (χ0) is 16.0. The number of carbonyl (C=O) groups is 1. The van der Waals surface area contributed by atoms with Crippen molar-refractivity contribution in [2.45, 2.75) is 39.7 Å². The first-order chi connectivity index (χ1) is 9.81. The molecule has 1 unspecified atom stereocenters. The van der Waals surface area contributed by atoms with E-state index in [9.17, 15) is 9.18 Å². The summed E-state index contributed by atoms with van der Waals surface area (Å²) in [6, 6.07) is 4.70. The molecule has 0 fully saturated rings. The Kier molecular flexibility index (Phi) is 6.15. The Bertz CT molecular complexity index is 488. The van der Waals surface area contributed by atoms with E-state index in [1.807, 2.05) is 6.92 Å². The van der Waals surface area contributed by atoms with Gasteiger partial charge in [0.05, 0.1) is 12.5 Å². The number of halogens is 1. The zero-order valence-electron chi connectivity index (χ0n) is 13.1. The van der Waals surface area contributed by atoms with Crippen molar-refractivity contribution >= 4 is 5.97 Å². The maximum Gasteiger partial charge on any atom is 0.314 e. The average molecular weight is 297 g/mol. The van der Waals surface area contributed by atoms with E-state index in [1.165, 1.54) is 13.2 Å². The summed E-state index contributed by atoms with van der Waals surface area (Å²) in [5, 5.41) is 0. The van der Waals surface area contributed by atoms with E-state index in [2.05, 4.69) is 0 Å². The highest BCUT2D eigenvalue weighted by molar-refractivity contribution is 5.75. The van der Waals surface area contributed by atoms with Crippen molar-refractivity contribution < 1.29 is 18.7 Å². The van der Waals surface area contributed by atoms with Crippen molar-refractivity contribution in [2.24, 2.45) is 11.1 Å². The third kappa shape index (κ3) is 4.70. The van der Waals surface area contributed by atoms with Crippen LogP contribution in [0.4, 0.5) is 4.39 Å². The van der Waals surface area contributed by atoms with Gasteiger partial charge in [-0.1, -0.05) is 19.1 Å². The monoisotopic (exact) mass is 297 g/mol. The van der Waals surface area contributed by atoms with Gasteiger partial charge in [0.15, 0.2) is 11.6 Å². The molecular formula is C16H24FNO3. The maximum absolute atomic E-state index is 14.0. The molecule has 0 radical (unpaired) electrons. The molecule has 21 heavy (non-hydrogen) atoms. The molecule has 0 aliphatic carbocycles. The van der Waals surface area contributed by atoms with Crippen LogP contribution in [0.3, 0.4) is 0 Å². The van der Waals surface area contributed by atoms with Crippen LogP contribution in [0.15, 0.2) is 18.2 Å². The molecule has 1 atom stereocenters. The summed E-state index contributed by atoms with van der Waals surface area (Å²) in [4.78, 5) is 11.6. The largest absolute Gasteiger partial charge is 0.489 e. The predicted octanol–water partition coefficient (Wildman–Crippen LogP) is 2.68. The fraction of sp³-hybridized carbons (Fsp3) is 0.562. The number of esters is 1. The van der Waals surface area contributed by atoms with Crippen LogP contribution < -0.4 is 10.5 Å². The van der Waals surface area contributed by atoms with E-state index in [0.717, 1.165) is 6.42 Å². The summed E-state index contributed by atoms with van der Waals surface area (Å²) < 4.78 is 24.3. The Morgan fingerprint density at radius 1 is 1.43 bits per heavy atom. The van der Waals surface area contributed by atoms with E-state index in [-0.39, 0.29) is 18.4 Å². The number of para-hydroxylation sites is 1. The first-order valence-electron chi connectivity index (χ1n) is 7.06. The standard InChI is InChI=1S/C16H24FNO3/c1-5-12(18)9-11-7-6-8-13(17)14(11)21-10-16(2,3)15(19)20-4/h6-8,12H,5,9-10,18H2,1-4H3. The summed E-state index contributed by atoms with van der Waals surface area (Å²) in [6.07, 6.45) is 1.33. The van der Waals surface area contributed by atoms with E-state index in [1.54, 1.807) is 26.0 Å². The maximum atomic E-state index is 14.0. The Balaban J connectivity index is 2.89. The predicted molar refractivity (Wildman–Crippen MR) is 79.7 cm³/mol. The van der Waals surface area contributed by atoms with Crippen molar-refractivity contribution in [3.05, 3.63) is 29.6 Å². The highest BCUT2D eigenvalue weighted by Crippen LogP contribution is 2.27. The van der Waals surface area contributed by atoms with Gasteiger partial charge in [0.1, 0.15) is 6.61 Å². The van der Waals surface area contributed by atoms with Crippen molar-refractivity contribution in [3.63, 3.8) is 0 Å². The molecule has 2 N–H and O–H groups in total. The second kappa shape index (κ2) is 7.41. The van der Waals surface area contributed by atoms with Gasteiger partial charge in [-0.2, -0.15) is 0 Å². The molecular weight excluding hydrogens is 273 g/mol. The molecule has 0 aliphatic heterocycles. The fourth-order valence-electron chi connectivity index (χ4n) is 1.89. The molecule has 0 saturated carbocycles. The summed E-state index contributed by atoms with van der Waals surface area (Å²) >= 11 is 0. The normalized spacial score (nSPS) is 12.9. The van der Waals surface area contributed by atoms with Gasteiger partial charge in [-0.15, -0.1) is 0 Å². The van der Waals surface area contributed by atoms with Gasteiger partial charge in [0.25, 0.3) is 0 Å². The third-order valence-electron chi connectivity index (χ3n) is 3.37. The highest BCUT2D eigenvalue weighted by atomic mass is 19.1. The molecule has 5 heteroatoms. The van der Waals surface area contributed by atoms with Crippen LogP contribution in [0.1, 0.15) is 32.8 Å². The van der Waals surface area contributed by atoms with Crippen LogP contribution in [0.2, 0.25) is 0 Å². The molecule has 0 spiro atoms. The van der Waals surface area contributed by atoms with E-state index in [0.29, 0.717) is 12.0 Å². The van der Waals surface area contributed by atoms with Gasteiger partial charge in [0.2, 0.25) is 0 Å². The van der Waals surface area contributed by atoms with Crippen LogP contribution >= 0.6 is 0 Å². The molecule has 1 aromatic rings. The summed E-state index contributed by atoms with van der Waals surface area (Å²) in [5.41, 5.74) is 5.79. The smallest absolute Gasteiger partial charge is 0.314 e. The first-order valence-corrected chi connectivity index (χ1v) is 7.06. The number of ether oxygens (including phenoxy) is 2. The molecule has 118 valence electrons. The van der Waals surface area contributed by atoms with Crippen LogP contribution in [-0.2, 0) is 16.0 Å². The number of methoxy groups -OCH3 is 1. The number of hydrogen-bond donors (Lipinski definition) is 1. The third-order valence-corrected chi connectivity index (χ3v) is 3.37. The molecule has 4 nitrogen and oxygen atoms in total. The van der Waals surface area contributed by atoms with Crippen LogP contribution in [-0.4, -0.2) is 25.7 Å². The number of carbonyl (C=O) groups excluding carboxylic acids is 1. The van der Waals surface area contributed by atoms with Crippen LogP contribution in [0.5, 0.6) is 5.75 Å². The Hall–Kier alpha value is -1.62. The molecule has 1 rings (SSSR count). The van der Waals surface area contributed by atoms with Gasteiger partial charge in [-0.25, -0.2) is 4.39 Å². The second-order valence-electron chi connectivity index (χ2n) is 5.76. The van der Waals surface area contributed by atoms with Crippen LogP contribution in [0, 0.1) is 11.2 Å². The molecule has 0 heterocycles. The first kappa shape index (κ1) is 17.4. The molecule has 1 aromatic carbocycles. The van der Waals surface area contributed by atoms with Gasteiger partial charge in [-0.3, -0.25) is 4.79 Å². The lowest BCUT2D eigenvalue weighted by Crippen LogP contribution is -2.32. The van der Waals surface area contributed by atoms with Gasteiger partial charge >= 0.3 is 5.97 Å². The average Bonchev–Trinajstić information content (AvgIpc) is 2.45. The molecule has 0 aromatic heterocycles. The Morgan fingerprint density at radius 3 is 2.67 bits per heavy atom. The molecule has 0 amide bonds. The Morgan fingerprint density at radius 2 is 2.10 bits per heavy atom. The number of nitrogens with two attached hydrogens (primary N) is 1. The quantitative estimate of drug-likeness (QED) is 0.786. The number of rotatable bonds is 7. The van der Waals surface area contributed by atoms with E-state index in [4.69, 9.17) is 15.2 Å². The molecule has 0 aliphatic rings. The van der Waals surface area contributed by atoms with Crippen molar-refractivity contribution in [1.82, 2.24) is 0 Å². The van der Waals surface area contributed by atoms with E-state index >= 15 is 0 Å². The van der Waals surface area contributed by atoms with Gasteiger partial charge in [-0.05, 0) is 38.3 Å². The van der Waals surface area contributed by atoms with Gasteiger partial charge < -0.3 is 15.2 Å². The van der Waals surface area contributed by atoms with Gasteiger partial charge in [0, 0.05) is 6.04 Å². The summed E-state index contributed by atoms with van der Waals surface area (Å²) in [5.74, 6) is -0.680. The SMILES string of the molecule is CCC(N)Cc1cccc(F)c1OCC(C)(C)C(=O)OC. The summed E-state index contributed by atoms with van der Waals surface area (Å²) in [6.45, 7) is 5.40. The minimum absolute atomic E-state index is 0.0367. The molecule has 0 bridgehead atoms. The Labute approximate surface area is 125 Å². The van der Waals surface area contributed by atoms with Crippen LogP contribution in [0.25, 0.3) is 0 Å². The second-order valence-corrected chi connectivity index (χ2v) is 5.76. The number of benzene rings is 1. The van der Waals surface area contributed by atoms with Crippen molar-refractivity contribution in [1.29, 1.82) is 0 Å². The molecule has 0 saturated heterocycles.